The van der Waals surface area contributed by atoms with E-state index >= 15 is 0 Å². The monoisotopic (exact) mass is 389 g/mol. The first kappa shape index (κ1) is 18.6. The number of rotatable bonds is 5. The van der Waals surface area contributed by atoms with Crippen LogP contribution in [0.2, 0.25) is 15.1 Å². The third-order valence-electron chi connectivity index (χ3n) is 3.42. The fourth-order valence-corrected chi connectivity index (χ4v) is 2.86. The number of carbonyl (C=O) groups is 1. The molecule has 0 aliphatic carbocycles. The van der Waals surface area contributed by atoms with Crippen LogP contribution in [0.25, 0.3) is 5.69 Å². The number of benzene rings is 1. The van der Waals surface area contributed by atoms with E-state index in [1.807, 2.05) is 0 Å². The summed E-state index contributed by atoms with van der Waals surface area (Å²) in [6.07, 6.45) is 1.39. The van der Waals surface area contributed by atoms with Crippen molar-refractivity contribution in [2.24, 2.45) is 5.92 Å². The van der Waals surface area contributed by atoms with E-state index < -0.39 is 17.4 Å². The van der Waals surface area contributed by atoms with Gasteiger partial charge < -0.3 is 10.0 Å². The van der Waals surface area contributed by atoms with Gasteiger partial charge in [-0.2, -0.15) is 9.78 Å². The molecule has 1 unspecified atom stereocenters. The molecule has 9 heteroatoms. The number of halogens is 3. The predicted molar refractivity (Wildman–Crippen MR) is 94.9 cm³/mol. The topological polar surface area (TPSA) is 75.4 Å². The highest BCUT2D eigenvalue weighted by molar-refractivity contribution is 6.36. The molecule has 0 aliphatic heterocycles. The summed E-state index contributed by atoms with van der Waals surface area (Å²) in [4.78, 5) is 25.0. The summed E-state index contributed by atoms with van der Waals surface area (Å²) < 4.78 is 1.07. The summed E-state index contributed by atoms with van der Waals surface area (Å²) in [6, 6.07) is 4.64. The van der Waals surface area contributed by atoms with Gasteiger partial charge in [-0.15, -0.1) is 0 Å². The maximum absolute atomic E-state index is 12.5. The van der Waals surface area contributed by atoms with Crippen LogP contribution in [0.3, 0.4) is 0 Å². The standard InChI is InChI=1S/C15H14Cl3N3O3/c1-8(15(23)24)7-20(2)12-6-19-21(14(22)13(12)18)11-4-3-9(16)5-10(11)17/h3-6,8H,7H2,1-2H3,(H,23,24). The summed E-state index contributed by atoms with van der Waals surface area (Å²) in [7, 11) is 1.64. The summed E-state index contributed by atoms with van der Waals surface area (Å²) in [5, 5.41) is 13.7. The second kappa shape index (κ2) is 7.42. The second-order valence-corrected chi connectivity index (χ2v) is 6.50. The molecule has 0 aliphatic rings. The Bertz CT molecular complexity index is 838. The quantitative estimate of drug-likeness (QED) is 0.847. The zero-order valence-electron chi connectivity index (χ0n) is 12.8. The van der Waals surface area contributed by atoms with Crippen LogP contribution < -0.4 is 10.5 Å². The number of aromatic nitrogens is 2. The average molecular weight is 391 g/mol. The predicted octanol–water partition coefficient (Wildman–Crippen LogP) is 3.35. The number of carboxylic acid groups (broad SMARTS) is 1. The molecule has 2 aromatic rings. The average Bonchev–Trinajstić information content (AvgIpc) is 2.50. The molecule has 1 N–H and O–H groups in total. The van der Waals surface area contributed by atoms with Crippen LogP contribution >= 0.6 is 34.8 Å². The molecule has 1 atom stereocenters. The van der Waals surface area contributed by atoms with Gasteiger partial charge >= 0.3 is 5.97 Å². The van der Waals surface area contributed by atoms with Crippen molar-refractivity contribution in [1.82, 2.24) is 9.78 Å². The number of nitrogens with zero attached hydrogens (tertiary/aromatic N) is 3. The van der Waals surface area contributed by atoms with E-state index in [0.29, 0.717) is 16.4 Å². The van der Waals surface area contributed by atoms with Crippen LogP contribution in [-0.2, 0) is 4.79 Å². The Labute approximate surface area is 153 Å². The molecule has 0 bridgehead atoms. The molecular weight excluding hydrogens is 377 g/mol. The van der Waals surface area contributed by atoms with Gasteiger partial charge in [0, 0.05) is 18.6 Å². The SMILES string of the molecule is CC(CN(C)c1cnn(-c2ccc(Cl)cc2Cl)c(=O)c1Cl)C(=O)O. The van der Waals surface area contributed by atoms with Crippen molar-refractivity contribution in [2.45, 2.75) is 6.92 Å². The van der Waals surface area contributed by atoms with Crippen molar-refractivity contribution in [3.8, 4) is 5.69 Å². The van der Waals surface area contributed by atoms with Gasteiger partial charge in [-0.3, -0.25) is 9.59 Å². The lowest BCUT2D eigenvalue weighted by molar-refractivity contribution is -0.140. The molecule has 6 nitrogen and oxygen atoms in total. The highest BCUT2D eigenvalue weighted by Gasteiger charge is 2.19. The van der Waals surface area contributed by atoms with Gasteiger partial charge in [0.05, 0.1) is 28.5 Å². The number of aliphatic carboxylic acids is 1. The lowest BCUT2D eigenvalue weighted by Crippen LogP contribution is -2.31. The second-order valence-electron chi connectivity index (χ2n) is 5.28. The summed E-state index contributed by atoms with van der Waals surface area (Å²) in [5.41, 5.74) is 0.130. The van der Waals surface area contributed by atoms with E-state index in [2.05, 4.69) is 5.10 Å². The molecule has 0 saturated heterocycles. The number of anilines is 1. The van der Waals surface area contributed by atoms with Crippen LogP contribution in [0.5, 0.6) is 0 Å². The molecule has 1 heterocycles. The van der Waals surface area contributed by atoms with Gasteiger partial charge in [-0.1, -0.05) is 41.7 Å². The summed E-state index contributed by atoms with van der Waals surface area (Å²) >= 11 is 18.1. The number of carboxylic acids is 1. The van der Waals surface area contributed by atoms with Crippen LogP contribution in [-0.4, -0.2) is 34.4 Å². The van der Waals surface area contributed by atoms with Crippen LogP contribution in [0.15, 0.2) is 29.2 Å². The van der Waals surface area contributed by atoms with E-state index in [9.17, 15) is 9.59 Å². The van der Waals surface area contributed by atoms with Crippen LogP contribution in [0, 0.1) is 5.92 Å². The molecule has 24 heavy (non-hydrogen) atoms. The molecule has 1 aromatic carbocycles. The van der Waals surface area contributed by atoms with E-state index in [1.165, 1.54) is 12.3 Å². The van der Waals surface area contributed by atoms with Gasteiger partial charge in [-0.25, -0.2) is 0 Å². The molecule has 0 saturated carbocycles. The Hall–Kier alpha value is -1.76. The zero-order chi connectivity index (χ0) is 18.0. The van der Waals surface area contributed by atoms with Crippen molar-refractivity contribution in [3.63, 3.8) is 0 Å². The maximum Gasteiger partial charge on any atom is 0.308 e. The fraction of sp³-hybridized carbons (Fsp3) is 0.267. The van der Waals surface area contributed by atoms with Crippen molar-refractivity contribution in [2.75, 3.05) is 18.5 Å². The van der Waals surface area contributed by atoms with Crippen molar-refractivity contribution in [3.05, 3.63) is 49.8 Å². The Kier molecular flexibility index (Phi) is 5.74. The molecule has 2 rings (SSSR count). The van der Waals surface area contributed by atoms with Crippen LogP contribution in [0.4, 0.5) is 5.69 Å². The third-order valence-corrected chi connectivity index (χ3v) is 4.31. The van der Waals surface area contributed by atoms with Gasteiger partial charge in [-0.05, 0) is 18.2 Å². The maximum atomic E-state index is 12.5. The Morgan fingerprint density at radius 3 is 2.62 bits per heavy atom. The van der Waals surface area contributed by atoms with Crippen LogP contribution in [0.1, 0.15) is 6.92 Å². The van der Waals surface area contributed by atoms with E-state index in [4.69, 9.17) is 39.9 Å². The molecule has 1 aromatic heterocycles. The molecule has 0 fully saturated rings. The normalized spacial score (nSPS) is 12.0. The smallest absolute Gasteiger partial charge is 0.308 e. The highest BCUT2D eigenvalue weighted by Crippen LogP contribution is 2.25. The minimum Gasteiger partial charge on any atom is -0.481 e. The van der Waals surface area contributed by atoms with E-state index in [0.717, 1.165) is 4.68 Å². The van der Waals surface area contributed by atoms with E-state index in [1.54, 1.807) is 31.0 Å². The first-order valence-electron chi connectivity index (χ1n) is 6.89. The van der Waals surface area contributed by atoms with E-state index in [-0.39, 0.29) is 16.6 Å². The largest absolute Gasteiger partial charge is 0.481 e. The molecule has 128 valence electrons. The van der Waals surface area contributed by atoms with Crippen molar-refractivity contribution in [1.29, 1.82) is 0 Å². The molecular formula is C15H14Cl3N3O3. The van der Waals surface area contributed by atoms with Gasteiger partial charge in [0.15, 0.2) is 0 Å². The lowest BCUT2D eigenvalue weighted by atomic mass is 10.2. The molecule has 0 amide bonds. The minimum absolute atomic E-state index is 0.0731. The Balaban J connectivity index is 2.42. The minimum atomic E-state index is -0.938. The van der Waals surface area contributed by atoms with Gasteiger partial charge in [0.2, 0.25) is 0 Å². The molecule has 0 spiro atoms. The molecule has 0 radical (unpaired) electrons. The zero-order valence-corrected chi connectivity index (χ0v) is 15.1. The fourth-order valence-electron chi connectivity index (χ4n) is 2.10. The summed E-state index contributed by atoms with van der Waals surface area (Å²) in [5.74, 6) is -1.56. The van der Waals surface area contributed by atoms with Gasteiger partial charge in [0.25, 0.3) is 5.56 Å². The highest BCUT2D eigenvalue weighted by atomic mass is 35.5. The number of hydrogen-bond donors (Lipinski definition) is 1. The van der Waals surface area contributed by atoms with Crippen molar-refractivity contribution < 1.29 is 9.90 Å². The summed E-state index contributed by atoms with van der Waals surface area (Å²) in [6.45, 7) is 1.75. The Morgan fingerprint density at radius 1 is 1.38 bits per heavy atom. The number of hydrogen-bond acceptors (Lipinski definition) is 4. The first-order chi connectivity index (χ1) is 11.2. The lowest BCUT2D eigenvalue weighted by Gasteiger charge is -2.22. The Morgan fingerprint density at radius 2 is 2.04 bits per heavy atom. The van der Waals surface area contributed by atoms with Gasteiger partial charge in [0.1, 0.15) is 5.02 Å². The first-order valence-corrected chi connectivity index (χ1v) is 8.03. The third kappa shape index (κ3) is 3.83. The van der Waals surface area contributed by atoms with Crippen molar-refractivity contribution >= 4 is 46.5 Å².